The van der Waals surface area contributed by atoms with Crippen molar-refractivity contribution in [3.05, 3.63) is 77.4 Å². The van der Waals surface area contributed by atoms with Crippen LogP contribution >= 0.6 is 0 Å². The summed E-state index contributed by atoms with van der Waals surface area (Å²) < 4.78 is 0. The average Bonchev–Trinajstić information content (AvgIpc) is 2.53. The van der Waals surface area contributed by atoms with Gasteiger partial charge in [0.2, 0.25) is 0 Å². The number of rotatable bonds is 5. The third-order valence-electron chi connectivity index (χ3n) is 4.32. The van der Waals surface area contributed by atoms with Gasteiger partial charge in [-0.3, -0.25) is 0 Å². The molecule has 1 heteroatoms. The Kier molecular flexibility index (Phi) is 5.57. The highest BCUT2D eigenvalue weighted by Gasteiger charge is 2.16. The van der Waals surface area contributed by atoms with Crippen molar-refractivity contribution in [1.82, 2.24) is 0 Å². The van der Waals surface area contributed by atoms with Crippen LogP contribution in [0.1, 0.15) is 38.3 Å². The van der Waals surface area contributed by atoms with Crippen molar-refractivity contribution < 1.29 is 0 Å². The van der Waals surface area contributed by atoms with Gasteiger partial charge in [0.25, 0.3) is 0 Å². The molecular weight excluding hydrogens is 278 g/mol. The lowest BCUT2D eigenvalue weighted by atomic mass is 9.85. The number of benzene rings is 2. The minimum atomic E-state index is -0.0110. The zero-order valence-corrected chi connectivity index (χ0v) is 14.7. The van der Waals surface area contributed by atoms with E-state index in [0.29, 0.717) is 0 Å². The van der Waals surface area contributed by atoms with Crippen molar-refractivity contribution in [3.8, 4) is 11.1 Å². The monoisotopic (exact) mass is 305 g/mol. The summed E-state index contributed by atoms with van der Waals surface area (Å²) in [6, 6.07) is 17.1. The van der Waals surface area contributed by atoms with E-state index in [-0.39, 0.29) is 6.04 Å². The maximum absolute atomic E-state index is 6.30. The summed E-state index contributed by atoms with van der Waals surface area (Å²) in [5.74, 6) is 0. The molecule has 23 heavy (non-hydrogen) atoms. The number of hydrogen-bond donors (Lipinski definition) is 1. The van der Waals surface area contributed by atoms with E-state index in [1.54, 1.807) is 0 Å². The van der Waals surface area contributed by atoms with Gasteiger partial charge in [-0.05, 0) is 61.9 Å². The Morgan fingerprint density at radius 1 is 1.00 bits per heavy atom. The van der Waals surface area contributed by atoms with Gasteiger partial charge >= 0.3 is 0 Å². The Morgan fingerprint density at radius 3 is 2.22 bits per heavy atom. The molecule has 2 aromatic rings. The van der Waals surface area contributed by atoms with Crippen molar-refractivity contribution in [1.29, 1.82) is 0 Å². The lowest BCUT2D eigenvalue weighted by molar-refractivity contribution is 0.793. The lowest BCUT2D eigenvalue weighted by Gasteiger charge is -2.21. The molecule has 0 aliphatic rings. The fraction of sp³-hybridized carbons (Fsp3) is 0.273. The van der Waals surface area contributed by atoms with E-state index < -0.39 is 0 Å². The van der Waals surface area contributed by atoms with Gasteiger partial charge in [-0.2, -0.15) is 0 Å². The lowest BCUT2D eigenvalue weighted by Crippen LogP contribution is -2.21. The number of aryl methyl sites for hydroxylation is 1. The fourth-order valence-electron chi connectivity index (χ4n) is 2.88. The van der Waals surface area contributed by atoms with E-state index in [1.807, 2.05) is 6.92 Å². The molecule has 0 aliphatic heterocycles. The molecule has 0 radical (unpaired) electrons. The van der Waals surface area contributed by atoms with Crippen LogP contribution in [0.2, 0.25) is 0 Å². The summed E-state index contributed by atoms with van der Waals surface area (Å²) in [5.41, 5.74) is 15.1. The largest absolute Gasteiger partial charge is 0.324 e. The van der Waals surface area contributed by atoms with E-state index >= 15 is 0 Å². The summed E-state index contributed by atoms with van der Waals surface area (Å²) in [7, 11) is 0. The second-order valence-electron chi connectivity index (χ2n) is 6.50. The Hall–Kier alpha value is -2.12. The zero-order valence-electron chi connectivity index (χ0n) is 14.7. The van der Waals surface area contributed by atoms with Gasteiger partial charge in [0.15, 0.2) is 0 Å². The predicted molar refractivity (Wildman–Crippen MR) is 102 cm³/mol. The third-order valence-corrected chi connectivity index (χ3v) is 4.32. The van der Waals surface area contributed by atoms with Crippen molar-refractivity contribution in [2.75, 3.05) is 0 Å². The smallest absolute Gasteiger partial charge is 0.0289 e. The van der Waals surface area contributed by atoms with Gasteiger partial charge < -0.3 is 5.73 Å². The van der Waals surface area contributed by atoms with E-state index in [1.165, 1.54) is 33.4 Å². The number of hydrogen-bond acceptors (Lipinski definition) is 1. The number of nitrogens with two attached hydrogens (primary N) is 1. The molecule has 0 spiro atoms. The molecule has 2 rings (SSSR count). The predicted octanol–water partition coefficient (Wildman–Crippen LogP) is 5.75. The van der Waals surface area contributed by atoms with Crippen LogP contribution in [-0.4, -0.2) is 6.04 Å². The van der Waals surface area contributed by atoms with Crippen LogP contribution in [0.5, 0.6) is 0 Å². The molecule has 120 valence electrons. The highest BCUT2D eigenvalue weighted by Crippen LogP contribution is 2.35. The first-order valence-electron chi connectivity index (χ1n) is 8.14. The highest BCUT2D eigenvalue weighted by molar-refractivity contribution is 5.84. The highest BCUT2D eigenvalue weighted by atomic mass is 14.6. The molecule has 0 aliphatic carbocycles. The summed E-state index contributed by atoms with van der Waals surface area (Å²) in [5, 5.41) is 0. The molecule has 2 aromatic carbocycles. The average molecular weight is 305 g/mol. The van der Waals surface area contributed by atoms with Crippen LogP contribution in [0.4, 0.5) is 0 Å². The first-order valence-corrected chi connectivity index (χ1v) is 8.14. The van der Waals surface area contributed by atoms with E-state index in [9.17, 15) is 0 Å². The molecule has 1 nitrogen and oxygen atoms in total. The van der Waals surface area contributed by atoms with Crippen molar-refractivity contribution in [2.45, 2.75) is 40.2 Å². The third kappa shape index (κ3) is 4.00. The van der Waals surface area contributed by atoms with E-state index in [2.05, 4.69) is 75.9 Å². The molecule has 1 unspecified atom stereocenters. The maximum atomic E-state index is 6.30. The number of allylic oxidation sites excluding steroid dienone is 1. The first-order chi connectivity index (χ1) is 10.9. The normalized spacial score (nSPS) is 11.9. The molecule has 0 fully saturated rings. The standard InChI is InChI=1S/C22H27N/c1-15(2)20(14-21(23)16(3)4)22-17(5)10-9-13-19(22)18-11-7-6-8-12-18/h6-13,21H,3,14,23H2,1-2,4-5H3. The second kappa shape index (κ2) is 7.43. The van der Waals surface area contributed by atoms with Gasteiger partial charge in [-0.1, -0.05) is 66.3 Å². The fourth-order valence-corrected chi connectivity index (χ4v) is 2.88. The summed E-state index contributed by atoms with van der Waals surface area (Å²) in [6.07, 6.45) is 0.822. The summed E-state index contributed by atoms with van der Waals surface area (Å²) >= 11 is 0. The molecule has 0 saturated carbocycles. The zero-order chi connectivity index (χ0) is 17.0. The summed E-state index contributed by atoms with van der Waals surface area (Å²) in [4.78, 5) is 0. The Labute approximate surface area is 140 Å². The molecule has 0 aromatic heterocycles. The maximum Gasteiger partial charge on any atom is 0.0289 e. The molecule has 0 amide bonds. The first kappa shape index (κ1) is 17.2. The molecular formula is C22H27N. The SMILES string of the molecule is C=C(C)C(N)CC(=C(C)C)c1c(C)cccc1-c1ccccc1. The van der Waals surface area contributed by atoms with Crippen LogP contribution < -0.4 is 5.73 Å². The quantitative estimate of drug-likeness (QED) is 0.699. The van der Waals surface area contributed by atoms with E-state index in [0.717, 1.165) is 12.0 Å². The van der Waals surface area contributed by atoms with Crippen LogP contribution in [0.3, 0.4) is 0 Å². The minimum Gasteiger partial charge on any atom is -0.324 e. The Bertz CT molecular complexity index is 719. The topological polar surface area (TPSA) is 26.0 Å². The Morgan fingerprint density at radius 2 is 1.65 bits per heavy atom. The molecule has 0 heterocycles. The Balaban J connectivity index is 2.61. The van der Waals surface area contributed by atoms with Gasteiger partial charge in [0.1, 0.15) is 0 Å². The molecule has 0 bridgehead atoms. The minimum absolute atomic E-state index is 0.0110. The van der Waals surface area contributed by atoms with Gasteiger partial charge in [-0.15, -0.1) is 0 Å². The van der Waals surface area contributed by atoms with Crippen LogP contribution in [0.25, 0.3) is 16.7 Å². The van der Waals surface area contributed by atoms with E-state index in [4.69, 9.17) is 5.73 Å². The van der Waals surface area contributed by atoms with Gasteiger partial charge in [0, 0.05) is 6.04 Å². The summed E-state index contributed by atoms with van der Waals surface area (Å²) in [6.45, 7) is 12.5. The molecule has 1 atom stereocenters. The van der Waals surface area contributed by atoms with Gasteiger partial charge in [-0.25, -0.2) is 0 Å². The molecule has 0 saturated heterocycles. The van der Waals surface area contributed by atoms with Crippen LogP contribution in [-0.2, 0) is 0 Å². The van der Waals surface area contributed by atoms with Gasteiger partial charge in [0.05, 0.1) is 0 Å². The second-order valence-corrected chi connectivity index (χ2v) is 6.50. The van der Waals surface area contributed by atoms with Crippen molar-refractivity contribution in [3.63, 3.8) is 0 Å². The van der Waals surface area contributed by atoms with Crippen molar-refractivity contribution in [2.24, 2.45) is 5.73 Å². The molecule has 2 N–H and O–H groups in total. The van der Waals surface area contributed by atoms with Crippen LogP contribution in [0, 0.1) is 6.92 Å². The van der Waals surface area contributed by atoms with Crippen LogP contribution in [0.15, 0.2) is 66.3 Å². The van der Waals surface area contributed by atoms with Crippen molar-refractivity contribution >= 4 is 5.57 Å².